The van der Waals surface area contributed by atoms with Gasteiger partial charge in [0, 0.05) is 11.1 Å². The summed E-state index contributed by atoms with van der Waals surface area (Å²) >= 11 is 6.10. The van der Waals surface area contributed by atoms with E-state index in [1.165, 1.54) is 17.5 Å². The summed E-state index contributed by atoms with van der Waals surface area (Å²) in [6.07, 6.45) is 1.21. The fourth-order valence-electron chi connectivity index (χ4n) is 1.62. The molecule has 1 aliphatic rings. The van der Waals surface area contributed by atoms with Gasteiger partial charge in [0.05, 0.1) is 0 Å². The molecule has 1 nitrogen and oxygen atoms in total. The van der Waals surface area contributed by atoms with Crippen molar-refractivity contribution < 1.29 is 0 Å². The van der Waals surface area contributed by atoms with Gasteiger partial charge in [0.1, 0.15) is 0 Å². The predicted molar refractivity (Wildman–Crippen MR) is 58.8 cm³/mol. The molecule has 1 atom stereocenters. The molecule has 1 N–H and O–H groups in total. The van der Waals surface area contributed by atoms with Gasteiger partial charge in [-0.05, 0) is 37.1 Å². The van der Waals surface area contributed by atoms with Crippen LogP contribution in [0.4, 0.5) is 0 Å². The van der Waals surface area contributed by atoms with Crippen molar-refractivity contribution in [3.8, 4) is 0 Å². The van der Waals surface area contributed by atoms with Crippen LogP contribution in [0.2, 0.25) is 5.02 Å². The lowest BCUT2D eigenvalue weighted by atomic mass is 9.94. The largest absolute Gasteiger partial charge is 0.310 e. The Morgan fingerprint density at radius 3 is 2.62 bits per heavy atom. The van der Waals surface area contributed by atoms with E-state index in [1.54, 1.807) is 0 Å². The van der Waals surface area contributed by atoms with Crippen molar-refractivity contribution in [2.45, 2.75) is 19.4 Å². The SMILES string of the molecule is Cc1cccc(Cl)c1[C@@H]1CCN1.Cl. The van der Waals surface area contributed by atoms with Gasteiger partial charge in [-0.1, -0.05) is 23.7 Å². The fourth-order valence-corrected chi connectivity index (χ4v) is 1.97. The molecule has 0 amide bonds. The predicted octanol–water partition coefficient (Wildman–Crippen LogP) is 3.10. The second-order valence-electron chi connectivity index (χ2n) is 3.27. The molecule has 1 aromatic rings. The Balaban J connectivity index is 0.000000845. The number of hydrogen-bond donors (Lipinski definition) is 1. The highest BCUT2D eigenvalue weighted by molar-refractivity contribution is 6.31. The topological polar surface area (TPSA) is 12.0 Å². The fraction of sp³-hybridized carbons (Fsp3) is 0.400. The third kappa shape index (κ3) is 1.98. The summed E-state index contributed by atoms with van der Waals surface area (Å²) < 4.78 is 0. The Bertz CT molecular complexity index is 275. The molecule has 1 saturated heterocycles. The van der Waals surface area contributed by atoms with Crippen LogP contribution >= 0.6 is 24.0 Å². The Morgan fingerprint density at radius 1 is 1.46 bits per heavy atom. The second-order valence-corrected chi connectivity index (χ2v) is 3.67. The van der Waals surface area contributed by atoms with Crippen LogP contribution in [0.3, 0.4) is 0 Å². The van der Waals surface area contributed by atoms with E-state index in [2.05, 4.69) is 18.3 Å². The molecule has 1 fully saturated rings. The minimum absolute atomic E-state index is 0. The summed E-state index contributed by atoms with van der Waals surface area (Å²) in [6, 6.07) is 6.57. The van der Waals surface area contributed by atoms with Gasteiger partial charge in [-0.2, -0.15) is 0 Å². The molecule has 1 aliphatic heterocycles. The molecular formula is C10H13Cl2N. The molecule has 0 unspecified atom stereocenters. The first-order chi connectivity index (χ1) is 5.79. The quantitative estimate of drug-likeness (QED) is 0.763. The summed E-state index contributed by atoms with van der Waals surface area (Å²) in [5.74, 6) is 0. The van der Waals surface area contributed by atoms with E-state index in [9.17, 15) is 0 Å². The average Bonchev–Trinajstić information content (AvgIpc) is 1.93. The number of hydrogen-bond acceptors (Lipinski definition) is 1. The van der Waals surface area contributed by atoms with E-state index in [0.29, 0.717) is 6.04 Å². The van der Waals surface area contributed by atoms with Gasteiger partial charge in [-0.15, -0.1) is 12.4 Å². The zero-order valence-corrected chi connectivity index (χ0v) is 9.08. The highest BCUT2D eigenvalue weighted by Crippen LogP contribution is 2.31. The van der Waals surface area contributed by atoms with Gasteiger partial charge in [0.25, 0.3) is 0 Å². The zero-order valence-electron chi connectivity index (χ0n) is 7.51. The maximum Gasteiger partial charge on any atom is 0.0456 e. The van der Waals surface area contributed by atoms with Gasteiger partial charge in [-0.25, -0.2) is 0 Å². The molecule has 0 bridgehead atoms. The third-order valence-corrected chi connectivity index (χ3v) is 2.77. The minimum Gasteiger partial charge on any atom is -0.310 e. The Kier molecular flexibility index (Phi) is 3.60. The standard InChI is InChI=1S/C10H12ClN.ClH/c1-7-3-2-4-8(11)10(7)9-5-6-12-9;/h2-4,9,12H,5-6H2,1H3;1H/t9-;/m0./s1. The van der Waals surface area contributed by atoms with E-state index in [4.69, 9.17) is 11.6 Å². The first kappa shape index (κ1) is 10.8. The first-order valence-electron chi connectivity index (χ1n) is 4.27. The lowest BCUT2D eigenvalue weighted by molar-refractivity contribution is 0.382. The number of rotatable bonds is 1. The van der Waals surface area contributed by atoms with E-state index in [-0.39, 0.29) is 12.4 Å². The van der Waals surface area contributed by atoms with Gasteiger partial charge in [0.15, 0.2) is 0 Å². The maximum atomic E-state index is 6.10. The van der Waals surface area contributed by atoms with Crippen molar-refractivity contribution in [3.63, 3.8) is 0 Å². The summed E-state index contributed by atoms with van der Waals surface area (Å²) in [6.45, 7) is 3.23. The van der Waals surface area contributed by atoms with E-state index in [1.807, 2.05) is 12.1 Å². The van der Waals surface area contributed by atoms with Gasteiger partial charge in [-0.3, -0.25) is 0 Å². The van der Waals surface area contributed by atoms with Gasteiger partial charge >= 0.3 is 0 Å². The lowest BCUT2D eigenvalue weighted by Gasteiger charge is -2.30. The summed E-state index contributed by atoms with van der Waals surface area (Å²) in [5, 5.41) is 4.25. The Labute approximate surface area is 89.9 Å². The smallest absolute Gasteiger partial charge is 0.0456 e. The lowest BCUT2D eigenvalue weighted by Crippen LogP contribution is -2.35. The molecule has 0 radical (unpaired) electrons. The van der Waals surface area contributed by atoms with Crippen LogP contribution in [0.5, 0.6) is 0 Å². The van der Waals surface area contributed by atoms with Crippen LogP contribution in [-0.4, -0.2) is 6.54 Å². The Morgan fingerprint density at radius 2 is 2.15 bits per heavy atom. The van der Waals surface area contributed by atoms with E-state index < -0.39 is 0 Å². The molecular weight excluding hydrogens is 205 g/mol. The summed E-state index contributed by atoms with van der Waals surface area (Å²) in [4.78, 5) is 0. The molecule has 0 aliphatic carbocycles. The third-order valence-electron chi connectivity index (χ3n) is 2.44. The normalized spacial score (nSPS) is 20.3. The molecule has 2 rings (SSSR count). The highest BCUT2D eigenvalue weighted by Gasteiger charge is 2.21. The molecule has 0 saturated carbocycles. The van der Waals surface area contributed by atoms with Gasteiger partial charge in [0.2, 0.25) is 0 Å². The van der Waals surface area contributed by atoms with Crippen molar-refractivity contribution in [2.24, 2.45) is 0 Å². The molecule has 1 heterocycles. The van der Waals surface area contributed by atoms with Crippen LogP contribution in [0.1, 0.15) is 23.6 Å². The molecule has 0 aromatic heterocycles. The van der Waals surface area contributed by atoms with Crippen LogP contribution in [-0.2, 0) is 0 Å². The Hall–Kier alpha value is -0.240. The monoisotopic (exact) mass is 217 g/mol. The van der Waals surface area contributed by atoms with Crippen molar-refractivity contribution in [1.82, 2.24) is 5.32 Å². The summed E-state index contributed by atoms with van der Waals surface area (Å²) in [5.41, 5.74) is 2.57. The van der Waals surface area contributed by atoms with Crippen LogP contribution < -0.4 is 5.32 Å². The number of halogens is 2. The van der Waals surface area contributed by atoms with Crippen LogP contribution in [0, 0.1) is 6.92 Å². The van der Waals surface area contributed by atoms with Crippen LogP contribution in [0.15, 0.2) is 18.2 Å². The zero-order chi connectivity index (χ0) is 8.55. The second kappa shape index (κ2) is 4.32. The summed E-state index contributed by atoms with van der Waals surface area (Å²) in [7, 11) is 0. The highest BCUT2D eigenvalue weighted by atomic mass is 35.5. The molecule has 72 valence electrons. The van der Waals surface area contributed by atoms with Crippen LogP contribution in [0.25, 0.3) is 0 Å². The average molecular weight is 218 g/mol. The van der Waals surface area contributed by atoms with E-state index >= 15 is 0 Å². The minimum atomic E-state index is 0. The first-order valence-corrected chi connectivity index (χ1v) is 4.65. The van der Waals surface area contributed by atoms with Crippen molar-refractivity contribution >= 4 is 24.0 Å². The number of nitrogens with one attached hydrogen (secondary N) is 1. The van der Waals surface area contributed by atoms with E-state index in [0.717, 1.165) is 11.6 Å². The number of aryl methyl sites for hydroxylation is 1. The molecule has 3 heteroatoms. The molecule has 13 heavy (non-hydrogen) atoms. The number of benzene rings is 1. The van der Waals surface area contributed by atoms with Gasteiger partial charge < -0.3 is 5.32 Å². The maximum absolute atomic E-state index is 6.10. The van der Waals surface area contributed by atoms with Crippen molar-refractivity contribution in [2.75, 3.05) is 6.54 Å². The molecule has 0 spiro atoms. The van der Waals surface area contributed by atoms with Crippen molar-refractivity contribution in [1.29, 1.82) is 0 Å². The van der Waals surface area contributed by atoms with Crippen molar-refractivity contribution in [3.05, 3.63) is 34.3 Å². The molecule has 1 aromatic carbocycles.